The third-order valence-corrected chi connectivity index (χ3v) is 4.09. The van der Waals surface area contributed by atoms with E-state index in [4.69, 9.17) is 0 Å². The number of carbonyl (C=O) groups is 1. The maximum atomic E-state index is 11.6. The Hall–Kier alpha value is -2.03. The van der Waals surface area contributed by atoms with E-state index in [1.807, 2.05) is 26.1 Å². The second-order valence-electron chi connectivity index (χ2n) is 5.94. The molecule has 23 heavy (non-hydrogen) atoms. The molecule has 3 nitrogen and oxygen atoms in total. The van der Waals surface area contributed by atoms with Gasteiger partial charge in [0.05, 0.1) is 0 Å². The van der Waals surface area contributed by atoms with Gasteiger partial charge in [-0.05, 0) is 43.5 Å². The van der Waals surface area contributed by atoms with E-state index in [-0.39, 0.29) is 11.3 Å². The van der Waals surface area contributed by atoms with E-state index < -0.39 is 0 Å². The zero-order valence-corrected chi connectivity index (χ0v) is 14.9. The van der Waals surface area contributed by atoms with Crippen LogP contribution in [-0.2, 0) is 10.2 Å². The molecule has 0 spiro atoms. The molecule has 0 saturated heterocycles. The van der Waals surface area contributed by atoms with E-state index in [1.165, 1.54) is 24.5 Å². The second kappa shape index (κ2) is 9.19. The Kier molecular flexibility index (Phi) is 7.60. The topological polar surface area (TPSA) is 41.1 Å². The lowest BCUT2D eigenvalue weighted by molar-refractivity contribution is -0.111. The number of likely N-dealkylation sites (N-methyl/N-ethyl adjacent to an activating group) is 1. The van der Waals surface area contributed by atoms with Gasteiger partial charge in [-0.3, -0.25) is 4.79 Å². The van der Waals surface area contributed by atoms with Crippen molar-refractivity contribution in [2.24, 2.45) is 0 Å². The molecule has 0 aromatic heterocycles. The highest BCUT2D eigenvalue weighted by Gasteiger charge is 2.41. The third-order valence-electron chi connectivity index (χ3n) is 4.09. The Morgan fingerprint density at radius 3 is 2.48 bits per heavy atom. The van der Waals surface area contributed by atoms with Gasteiger partial charge >= 0.3 is 0 Å². The number of amides is 1. The summed E-state index contributed by atoms with van der Waals surface area (Å²) < 4.78 is 0. The molecule has 126 valence electrons. The van der Waals surface area contributed by atoms with E-state index in [0.717, 1.165) is 24.2 Å². The molecule has 0 atom stereocenters. The van der Waals surface area contributed by atoms with Crippen LogP contribution in [0, 0.1) is 0 Å². The molecule has 1 aliphatic rings. The Balaban J connectivity index is 0.000000816. The molecular formula is C20H30N2O. The maximum absolute atomic E-state index is 11.6. The highest BCUT2D eigenvalue weighted by molar-refractivity contribution is 5.99. The summed E-state index contributed by atoms with van der Waals surface area (Å²) in [6.45, 7) is 10.2. The average molecular weight is 314 g/mol. The quantitative estimate of drug-likeness (QED) is 0.768. The third kappa shape index (κ3) is 4.72. The predicted molar refractivity (Wildman–Crippen MR) is 99.6 cm³/mol. The van der Waals surface area contributed by atoms with E-state index in [2.05, 4.69) is 43.2 Å². The summed E-state index contributed by atoms with van der Waals surface area (Å²) in [6.07, 6.45) is 7.95. The van der Waals surface area contributed by atoms with Gasteiger partial charge in [-0.15, -0.1) is 0 Å². The second-order valence-corrected chi connectivity index (χ2v) is 5.94. The molecule has 1 aromatic rings. The Morgan fingerprint density at radius 1 is 1.35 bits per heavy atom. The fourth-order valence-electron chi connectivity index (χ4n) is 2.76. The molecule has 0 radical (unpaired) electrons. The van der Waals surface area contributed by atoms with Gasteiger partial charge in [0.1, 0.15) is 0 Å². The molecule has 3 heteroatoms. The summed E-state index contributed by atoms with van der Waals surface area (Å²) >= 11 is 0. The minimum atomic E-state index is -0.0975. The van der Waals surface area contributed by atoms with Gasteiger partial charge in [0.2, 0.25) is 5.91 Å². The van der Waals surface area contributed by atoms with E-state index in [0.29, 0.717) is 0 Å². The molecule has 1 saturated carbocycles. The lowest BCUT2D eigenvalue weighted by Gasteiger charge is -2.44. The molecule has 1 amide bonds. The standard InChI is InChI=1S/C17H22N2O.C3H8/c1-4-7-16(20)19-15-9-5-8-14(12-15)17(10-6-11-17)13(2)18-3;1-3-2/h4-5,7-9,12,18H,2,6,10-11H2,1,3H3,(H,19,20);3H2,1-2H3/b7-4-;. The number of carbonyl (C=O) groups excluding carboxylic acids is 1. The summed E-state index contributed by atoms with van der Waals surface area (Å²) in [6, 6.07) is 8.08. The predicted octanol–water partition coefficient (Wildman–Crippen LogP) is 4.77. The van der Waals surface area contributed by atoms with Gasteiger partial charge in [-0.25, -0.2) is 0 Å². The van der Waals surface area contributed by atoms with Gasteiger partial charge in [0.15, 0.2) is 0 Å². The minimum Gasteiger partial charge on any atom is -0.391 e. The monoisotopic (exact) mass is 314 g/mol. The number of hydrogen-bond acceptors (Lipinski definition) is 2. The molecule has 0 heterocycles. The summed E-state index contributed by atoms with van der Waals surface area (Å²) in [5, 5.41) is 6.08. The van der Waals surface area contributed by atoms with Crippen molar-refractivity contribution in [3.8, 4) is 0 Å². The molecule has 0 aliphatic heterocycles. The van der Waals surface area contributed by atoms with Crippen LogP contribution < -0.4 is 10.6 Å². The van der Waals surface area contributed by atoms with Crippen molar-refractivity contribution in [2.75, 3.05) is 12.4 Å². The molecule has 0 unspecified atom stereocenters. The van der Waals surface area contributed by atoms with E-state index in [9.17, 15) is 4.79 Å². The molecule has 1 aliphatic carbocycles. The van der Waals surface area contributed by atoms with Gasteiger partial charge < -0.3 is 10.6 Å². The molecule has 1 aromatic carbocycles. The molecule has 2 N–H and O–H groups in total. The lowest BCUT2D eigenvalue weighted by Crippen LogP contribution is -2.40. The van der Waals surface area contributed by atoms with Crippen LogP contribution in [0.1, 0.15) is 52.0 Å². The van der Waals surface area contributed by atoms with Crippen molar-refractivity contribution in [3.63, 3.8) is 0 Å². The van der Waals surface area contributed by atoms with E-state index >= 15 is 0 Å². The highest BCUT2D eigenvalue weighted by Crippen LogP contribution is 2.48. The number of benzene rings is 1. The van der Waals surface area contributed by atoms with Crippen LogP contribution in [0.4, 0.5) is 5.69 Å². The maximum Gasteiger partial charge on any atom is 0.248 e. The molecule has 1 fully saturated rings. The fraction of sp³-hybridized carbons (Fsp3) is 0.450. The number of anilines is 1. The lowest BCUT2D eigenvalue weighted by atomic mass is 9.62. The van der Waals surface area contributed by atoms with Crippen molar-refractivity contribution in [3.05, 3.63) is 54.3 Å². The largest absolute Gasteiger partial charge is 0.391 e. The summed E-state index contributed by atoms with van der Waals surface area (Å²) in [5.41, 5.74) is 3.14. The van der Waals surface area contributed by atoms with Crippen molar-refractivity contribution in [1.29, 1.82) is 0 Å². The van der Waals surface area contributed by atoms with Gasteiger partial charge in [0.25, 0.3) is 0 Å². The first kappa shape index (κ1) is 19.0. The zero-order chi connectivity index (χ0) is 17.3. The van der Waals surface area contributed by atoms with Crippen LogP contribution >= 0.6 is 0 Å². The van der Waals surface area contributed by atoms with Crippen molar-refractivity contribution < 1.29 is 4.79 Å². The Labute approximate surface area is 140 Å². The highest BCUT2D eigenvalue weighted by atomic mass is 16.1. The van der Waals surface area contributed by atoms with Crippen molar-refractivity contribution >= 4 is 11.6 Å². The first-order valence-electron chi connectivity index (χ1n) is 8.45. The van der Waals surface area contributed by atoms with Crippen LogP contribution in [0.3, 0.4) is 0 Å². The summed E-state index contributed by atoms with van der Waals surface area (Å²) in [7, 11) is 1.92. The van der Waals surface area contributed by atoms with Crippen molar-refractivity contribution in [1.82, 2.24) is 5.32 Å². The van der Waals surface area contributed by atoms with Gasteiger partial charge in [-0.2, -0.15) is 0 Å². The number of rotatable bonds is 5. The molecule has 2 rings (SSSR count). The average Bonchev–Trinajstić information content (AvgIpc) is 2.47. The number of allylic oxidation sites excluding steroid dienone is 2. The van der Waals surface area contributed by atoms with Crippen LogP contribution in [0.2, 0.25) is 0 Å². The van der Waals surface area contributed by atoms with Crippen LogP contribution in [0.15, 0.2) is 48.7 Å². The van der Waals surface area contributed by atoms with Crippen LogP contribution in [0.25, 0.3) is 0 Å². The Bertz CT molecular complexity index is 557. The summed E-state index contributed by atoms with van der Waals surface area (Å²) in [4.78, 5) is 11.6. The smallest absolute Gasteiger partial charge is 0.248 e. The molecular weight excluding hydrogens is 284 g/mol. The van der Waals surface area contributed by atoms with Crippen LogP contribution in [-0.4, -0.2) is 13.0 Å². The zero-order valence-electron chi connectivity index (χ0n) is 14.9. The first-order chi connectivity index (χ1) is 11.0. The van der Waals surface area contributed by atoms with E-state index in [1.54, 1.807) is 6.08 Å². The number of nitrogens with one attached hydrogen (secondary N) is 2. The van der Waals surface area contributed by atoms with Gasteiger partial charge in [0, 0.05) is 23.8 Å². The number of hydrogen-bond donors (Lipinski definition) is 2. The Morgan fingerprint density at radius 2 is 2.00 bits per heavy atom. The van der Waals surface area contributed by atoms with Crippen molar-refractivity contribution in [2.45, 2.75) is 51.9 Å². The van der Waals surface area contributed by atoms with Gasteiger partial charge in [-0.1, -0.05) is 51.5 Å². The first-order valence-corrected chi connectivity index (χ1v) is 8.45. The fourth-order valence-corrected chi connectivity index (χ4v) is 2.76. The summed E-state index contributed by atoms with van der Waals surface area (Å²) in [5.74, 6) is -0.0975. The normalized spacial score (nSPS) is 15.1. The molecule has 0 bridgehead atoms. The van der Waals surface area contributed by atoms with Crippen LogP contribution in [0.5, 0.6) is 0 Å². The SMILES string of the molecule is C=C(NC)C1(c2cccc(NC(=O)/C=C\C)c2)CCC1.CCC. The minimum absolute atomic E-state index is 0.0239.